The Kier molecular flexibility index (Phi) is 7.14. The van der Waals surface area contributed by atoms with Crippen LogP contribution in [0.4, 0.5) is 17.1 Å². The summed E-state index contributed by atoms with van der Waals surface area (Å²) in [6.45, 7) is 0. The summed E-state index contributed by atoms with van der Waals surface area (Å²) in [5.74, 6) is 0. The van der Waals surface area contributed by atoms with Crippen LogP contribution in [0.1, 0.15) is 22.3 Å². The molecular formula is C55H35NO2. The predicted octanol–water partition coefficient (Wildman–Crippen LogP) is 15.0. The summed E-state index contributed by atoms with van der Waals surface area (Å²) in [5, 5.41) is 4.16. The minimum absolute atomic E-state index is 0.539. The molecule has 2 heterocycles. The topological polar surface area (TPSA) is 29.5 Å². The first-order chi connectivity index (χ1) is 28.8. The Labute approximate surface area is 335 Å². The van der Waals surface area contributed by atoms with Gasteiger partial charge in [-0.15, -0.1) is 0 Å². The van der Waals surface area contributed by atoms with Crippen LogP contribution in [-0.4, -0.2) is 0 Å². The summed E-state index contributed by atoms with van der Waals surface area (Å²) in [5.41, 5.74) is 15.4. The molecule has 1 aliphatic rings. The second kappa shape index (κ2) is 12.7. The number of hydrogen-bond donors (Lipinski definition) is 0. The summed E-state index contributed by atoms with van der Waals surface area (Å²) in [4.78, 5) is 2.29. The van der Waals surface area contributed by atoms with Gasteiger partial charge >= 0.3 is 0 Å². The van der Waals surface area contributed by atoms with Gasteiger partial charge in [-0.2, -0.15) is 0 Å². The number of furan rings is 2. The second-order valence-corrected chi connectivity index (χ2v) is 15.1. The highest BCUT2D eigenvalue weighted by atomic mass is 16.3. The highest BCUT2D eigenvalue weighted by Crippen LogP contribution is 2.60. The van der Waals surface area contributed by atoms with Crippen molar-refractivity contribution in [3.05, 3.63) is 235 Å². The van der Waals surface area contributed by atoms with Gasteiger partial charge in [0.15, 0.2) is 5.58 Å². The van der Waals surface area contributed by atoms with E-state index in [4.69, 9.17) is 8.83 Å². The van der Waals surface area contributed by atoms with E-state index in [1.807, 2.05) is 6.07 Å². The van der Waals surface area contributed by atoms with Crippen LogP contribution in [0.15, 0.2) is 221 Å². The molecule has 58 heavy (non-hydrogen) atoms. The standard InChI is InChI=1S/C55H35NO2/c1-5-19-36(20-6-1)55(37-21-7-2-8-22-37)45-31-15-13-27-41(45)50-43(30-17-32-46(50)55)52-51-42-28-14-16-34-48(42)57-49(51)35-44-40-29-18-33-47(53(40)58-54(44)52)56(38-23-9-3-10-24-38)39-25-11-4-12-26-39/h1-35H. The molecule has 0 atom stereocenters. The van der Waals surface area contributed by atoms with Gasteiger partial charge in [-0.05, 0) is 81.4 Å². The molecule has 272 valence electrons. The maximum atomic E-state index is 7.41. The van der Waals surface area contributed by atoms with E-state index >= 15 is 0 Å². The molecule has 0 radical (unpaired) electrons. The van der Waals surface area contributed by atoms with Crippen molar-refractivity contribution in [2.24, 2.45) is 0 Å². The summed E-state index contributed by atoms with van der Waals surface area (Å²) in [6, 6.07) is 75.9. The molecule has 2 aromatic heterocycles. The van der Waals surface area contributed by atoms with E-state index in [-0.39, 0.29) is 0 Å². The van der Waals surface area contributed by atoms with Crippen molar-refractivity contribution in [3.8, 4) is 22.3 Å². The van der Waals surface area contributed by atoms with E-state index in [0.717, 1.165) is 72.1 Å². The first-order valence-electron chi connectivity index (χ1n) is 19.9. The lowest BCUT2D eigenvalue weighted by Gasteiger charge is -2.34. The monoisotopic (exact) mass is 741 g/mol. The lowest BCUT2D eigenvalue weighted by molar-refractivity contribution is 0.665. The average Bonchev–Trinajstić information content (AvgIpc) is 3.96. The minimum atomic E-state index is -0.539. The smallest absolute Gasteiger partial charge is 0.159 e. The van der Waals surface area contributed by atoms with Gasteiger partial charge in [0.25, 0.3) is 0 Å². The molecule has 0 saturated heterocycles. The fourth-order valence-electron chi connectivity index (χ4n) is 9.84. The van der Waals surface area contributed by atoms with E-state index in [0.29, 0.717) is 0 Å². The van der Waals surface area contributed by atoms with Gasteiger partial charge in [-0.3, -0.25) is 0 Å². The fraction of sp³-hybridized carbons (Fsp3) is 0.0182. The van der Waals surface area contributed by atoms with Crippen LogP contribution in [0, 0.1) is 0 Å². The SMILES string of the molecule is c1ccc(N(c2ccccc2)c2cccc3c2oc2c(-c4cccc5c4-c4ccccc4C5(c4ccccc4)c4ccccc4)c4c(cc23)oc2ccccc24)cc1. The van der Waals surface area contributed by atoms with Crippen molar-refractivity contribution in [2.45, 2.75) is 5.41 Å². The van der Waals surface area contributed by atoms with Crippen molar-refractivity contribution in [3.63, 3.8) is 0 Å². The zero-order valence-corrected chi connectivity index (χ0v) is 31.5. The third-order valence-corrected chi connectivity index (χ3v) is 12.1. The van der Waals surface area contributed by atoms with Crippen LogP contribution < -0.4 is 4.90 Å². The maximum absolute atomic E-state index is 7.41. The molecule has 11 aromatic rings. The molecule has 0 saturated carbocycles. The van der Waals surface area contributed by atoms with Crippen molar-refractivity contribution in [2.75, 3.05) is 4.90 Å². The molecule has 1 aliphatic carbocycles. The Hall–Kier alpha value is -7.62. The number of fused-ring (bicyclic) bond motifs is 9. The van der Waals surface area contributed by atoms with Crippen molar-refractivity contribution < 1.29 is 8.83 Å². The maximum Gasteiger partial charge on any atom is 0.159 e. The van der Waals surface area contributed by atoms with Gasteiger partial charge in [-0.1, -0.05) is 170 Å². The molecule has 0 unspecified atom stereocenters. The second-order valence-electron chi connectivity index (χ2n) is 15.1. The zero-order chi connectivity index (χ0) is 38.2. The Morgan fingerprint density at radius 1 is 0.362 bits per heavy atom. The van der Waals surface area contributed by atoms with Crippen molar-refractivity contribution >= 4 is 60.9 Å². The quantitative estimate of drug-likeness (QED) is 0.170. The highest BCUT2D eigenvalue weighted by molar-refractivity contribution is 6.25. The summed E-state index contributed by atoms with van der Waals surface area (Å²) < 4.78 is 14.2. The van der Waals surface area contributed by atoms with E-state index < -0.39 is 5.41 Å². The summed E-state index contributed by atoms with van der Waals surface area (Å²) in [7, 11) is 0. The van der Waals surface area contributed by atoms with E-state index in [1.165, 1.54) is 33.4 Å². The van der Waals surface area contributed by atoms with Gasteiger partial charge in [0.1, 0.15) is 16.7 Å². The zero-order valence-electron chi connectivity index (χ0n) is 31.5. The van der Waals surface area contributed by atoms with Crippen molar-refractivity contribution in [1.82, 2.24) is 0 Å². The molecular weight excluding hydrogens is 707 g/mol. The first kappa shape index (κ1) is 32.6. The number of para-hydroxylation sites is 4. The van der Waals surface area contributed by atoms with Crippen LogP contribution in [0.2, 0.25) is 0 Å². The van der Waals surface area contributed by atoms with Crippen LogP contribution in [0.5, 0.6) is 0 Å². The number of rotatable bonds is 6. The van der Waals surface area contributed by atoms with Crippen LogP contribution in [-0.2, 0) is 5.41 Å². The number of anilines is 3. The largest absolute Gasteiger partial charge is 0.456 e. The van der Waals surface area contributed by atoms with Gasteiger partial charge in [-0.25, -0.2) is 0 Å². The number of nitrogens with zero attached hydrogens (tertiary/aromatic N) is 1. The third kappa shape index (κ3) is 4.56. The van der Waals surface area contributed by atoms with Crippen LogP contribution >= 0.6 is 0 Å². The Morgan fingerprint density at radius 3 is 1.62 bits per heavy atom. The predicted molar refractivity (Wildman–Crippen MR) is 238 cm³/mol. The van der Waals surface area contributed by atoms with Gasteiger partial charge < -0.3 is 13.7 Å². The fourth-order valence-corrected chi connectivity index (χ4v) is 9.84. The van der Waals surface area contributed by atoms with Gasteiger partial charge in [0, 0.05) is 38.5 Å². The highest BCUT2D eigenvalue weighted by Gasteiger charge is 2.47. The van der Waals surface area contributed by atoms with Gasteiger partial charge in [0.05, 0.1) is 11.1 Å². The Bertz CT molecular complexity index is 3250. The van der Waals surface area contributed by atoms with Crippen LogP contribution in [0.25, 0.3) is 66.1 Å². The molecule has 0 bridgehead atoms. The molecule has 9 aromatic carbocycles. The molecule has 0 aliphatic heterocycles. The molecule has 3 nitrogen and oxygen atoms in total. The molecule has 0 spiro atoms. The van der Waals surface area contributed by atoms with Crippen LogP contribution in [0.3, 0.4) is 0 Å². The van der Waals surface area contributed by atoms with E-state index in [1.54, 1.807) is 0 Å². The Balaban J connectivity index is 1.23. The normalized spacial score (nSPS) is 13.0. The molecule has 3 heteroatoms. The molecule has 0 amide bonds. The van der Waals surface area contributed by atoms with Gasteiger partial charge in [0.2, 0.25) is 0 Å². The average molecular weight is 742 g/mol. The molecule has 12 rings (SSSR count). The minimum Gasteiger partial charge on any atom is -0.456 e. The molecule has 0 fully saturated rings. The Morgan fingerprint density at radius 2 is 0.914 bits per heavy atom. The van der Waals surface area contributed by atoms with Crippen molar-refractivity contribution in [1.29, 1.82) is 0 Å². The third-order valence-electron chi connectivity index (χ3n) is 12.1. The molecule has 0 N–H and O–H groups in total. The lowest BCUT2D eigenvalue weighted by Crippen LogP contribution is -2.28. The first-order valence-corrected chi connectivity index (χ1v) is 19.9. The summed E-state index contributed by atoms with van der Waals surface area (Å²) >= 11 is 0. The number of hydrogen-bond acceptors (Lipinski definition) is 3. The lowest BCUT2D eigenvalue weighted by atomic mass is 9.67. The van der Waals surface area contributed by atoms with E-state index in [2.05, 4.69) is 211 Å². The summed E-state index contributed by atoms with van der Waals surface area (Å²) in [6.07, 6.45) is 0. The number of benzene rings is 9. The van der Waals surface area contributed by atoms with E-state index in [9.17, 15) is 0 Å².